The first-order chi connectivity index (χ1) is 61.0. The van der Waals surface area contributed by atoms with Crippen molar-refractivity contribution in [3.05, 3.63) is 0 Å². The summed E-state index contributed by atoms with van der Waals surface area (Å²) in [6.07, 6.45) is -86.2. The van der Waals surface area contributed by atoms with E-state index in [-0.39, 0.29) is 0 Å². The van der Waals surface area contributed by atoms with Crippen LogP contribution in [0.25, 0.3) is 0 Å². The van der Waals surface area contributed by atoms with Gasteiger partial charge in [-0.1, -0.05) is 0 Å². The van der Waals surface area contributed by atoms with E-state index in [4.69, 9.17) is 90.0 Å². The first-order valence-corrected chi connectivity index (χ1v) is 41.4. The molecule has 10 saturated heterocycles. The van der Waals surface area contributed by atoms with Gasteiger partial charge in [-0.3, -0.25) is 28.8 Å². The minimum Gasteiger partial charge on any atom is -0.394 e. The number of rotatable bonds is 34. The summed E-state index contributed by atoms with van der Waals surface area (Å²) in [6.45, 7) is -2.95. The summed E-state index contributed by atoms with van der Waals surface area (Å²) in [4.78, 5) is 76.3. The quantitative estimate of drug-likeness (QED) is 0.0284. The summed E-state index contributed by atoms with van der Waals surface area (Å²) in [7, 11) is 0. The summed E-state index contributed by atoms with van der Waals surface area (Å²) in [5.74, 6) is -5.06. The highest BCUT2D eigenvalue weighted by atomic mass is 16.8. The van der Waals surface area contributed by atoms with Crippen molar-refractivity contribution >= 4 is 35.4 Å². The molecule has 10 rings (SSSR count). The lowest BCUT2D eigenvalue weighted by Gasteiger charge is -2.51. The van der Waals surface area contributed by atoms with E-state index in [1.54, 1.807) is 0 Å². The lowest BCUT2D eigenvalue weighted by molar-refractivity contribution is -0.383. The van der Waals surface area contributed by atoms with Gasteiger partial charge in [0.1, 0.15) is 238 Å². The van der Waals surface area contributed by atoms with Gasteiger partial charge in [-0.05, 0) is 6.92 Å². The van der Waals surface area contributed by atoms with Gasteiger partial charge in [0, 0.05) is 41.5 Å². The van der Waals surface area contributed by atoms with Gasteiger partial charge in [-0.15, -0.1) is 0 Å². The smallest absolute Gasteiger partial charge is 0.217 e. The highest BCUT2D eigenvalue weighted by molar-refractivity contribution is 5.75. The number of ether oxygens (including phenoxy) is 19. The van der Waals surface area contributed by atoms with Crippen molar-refractivity contribution < 1.29 is 246 Å². The highest BCUT2D eigenvalue weighted by Crippen LogP contribution is 2.41. The number of nitrogens with one attached hydrogen (secondary N) is 6. The lowest BCUT2D eigenvalue weighted by atomic mass is 9.92. The van der Waals surface area contributed by atoms with Gasteiger partial charge in [0.25, 0.3) is 0 Å². The molecule has 31 N–H and O–H groups in total. The third kappa shape index (κ3) is 24.0. The zero-order valence-electron chi connectivity index (χ0n) is 70.3. The zero-order valence-corrected chi connectivity index (χ0v) is 70.3. The van der Waals surface area contributed by atoms with Crippen molar-refractivity contribution in [1.29, 1.82) is 0 Å². The standard InChI is InChI=1S/C73H122N6O50/c1-18-35(74-19(2)89)60(125-73-56(110)64(46(100)30(13-85)118-73)129-69-40(79-24(7)94)52(106)59(33(16-88)121-69)124-72-54(108)62(44(98)28(11-83)117-72)127-67-37(76-21(4)91)49(103)42(96)26(9-81)114-67)47(101)34(112-18)17-111-65-38(77-22(5)92)50(104)57(31(14-86)119-65)122-70-55(109)63(45(99)29(12-84)115-70)128-68-39(78-23(6)93)51(105)58(32(15-87)120-68)123-71-53(107)61(43(97)27(10-82)116-71)126-66-36(75-20(3)90)48(102)41(95)25(8-80)113-66/h18,25-73,80-88,95-110H,8-17H2,1-7H3,(H,74,89)(H,75,90)(H,76,91)(H,77,92)(H,78,93)(H,79,94)/t18?,25?,26?,27?,28?,29?,30?,31?,32?,33?,34?,35?,36?,37?,38?,39?,40?,41-,42-,43+,44+,45+,46+,47+,48-,49-,50-,51-,52-,53?,54?,55?,56?,57-,58-,59-,60-,61+,62+,63+,64+,65-,66+,67+,68+,69+,70+,71+,72+,73+/m1/s1. The van der Waals surface area contributed by atoms with Crippen molar-refractivity contribution in [2.45, 2.75) is 355 Å². The minimum absolute atomic E-state index is 0.760. The van der Waals surface area contributed by atoms with Crippen LogP contribution < -0.4 is 31.9 Å². The molecule has 6 amide bonds. The third-order valence-electron chi connectivity index (χ3n) is 23.5. The van der Waals surface area contributed by atoms with Gasteiger partial charge < -0.3 is 250 Å². The fourth-order valence-corrected chi connectivity index (χ4v) is 17.0. The number of aliphatic hydroxyl groups is 25. The van der Waals surface area contributed by atoms with Crippen molar-refractivity contribution in [2.24, 2.45) is 0 Å². The largest absolute Gasteiger partial charge is 0.394 e. The Labute approximate surface area is 732 Å². The van der Waals surface area contributed by atoms with Gasteiger partial charge in [-0.2, -0.15) is 0 Å². The molecule has 0 aromatic heterocycles. The van der Waals surface area contributed by atoms with E-state index in [0.29, 0.717) is 0 Å². The maximum Gasteiger partial charge on any atom is 0.217 e. The molecule has 21 unspecified atom stereocenters. The molecular formula is C73H122N6O50. The molecule has 56 heteroatoms. The van der Waals surface area contributed by atoms with Crippen molar-refractivity contribution in [3.8, 4) is 0 Å². The summed E-state index contributed by atoms with van der Waals surface area (Å²) < 4.78 is 113. The molecule has 0 bridgehead atoms. The maximum atomic E-state index is 13.0. The minimum atomic E-state index is -2.33. The van der Waals surface area contributed by atoms with Crippen LogP contribution in [0.4, 0.5) is 0 Å². The Kier molecular flexibility index (Phi) is 38.4. The first-order valence-electron chi connectivity index (χ1n) is 41.4. The fourth-order valence-electron chi connectivity index (χ4n) is 17.0. The number of carbonyl (C=O) groups is 6. The van der Waals surface area contributed by atoms with Gasteiger partial charge in [0.15, 0.2) is 56.6 Å². The van der Waals surface area contributed by atoms with Crippen molar-refractivity contribution in [2.75, 3.05) is 66.1 Å². The topological polar surface area (TPSA) is 856 Å². The Balaban J connectivity index is 0.818. The molecule has 0 spiro atoms. The predicted molar refractivity (Wildman–Crippen MR) is 403 cm³/mol. The molecule has 0 aromatic rings. The molecule has 56 nitrogen and oxygen atoms in total. The van der Waals surface area contributed by atoms with Crippen LogP contribution in [0.2, 0.25) is 0 Å². The SMILES string of the molecule is CC(=O)NC1[C@H](O[C@@H]2C(O)[C@H](O[C@@H]3C(CO)O[C@@H](O[C@@H]4C(O)[C@H](O[C@@H]5C(CO)O[C@@H](OCC6OC(C)C(NC(C)=O)[C@@H](O[C@@H]7OC(CO)[C@H](O)[C@H](O[C@@H]8OC(CO)[C@@H](O[C@@H]9OC(CO)[C@H](O)[C@H](O[C@@H]%10OC(CO)[C@@H](O)[C@H](O)C%10NC(C)=O)C9O)[C@H](O)C8NC(C)=O)C7O)[C@H]6O)C(NC(C)=O)[C@H]5O)OC(CO)[C@@H]4O)C(NC(C)=O)[C@H]3O)OC(CO)[C@@H]2O)OC(CO)[C@@H](O)[C@@H]1O. The Hall–Kier alpha value is -4.94. The molecule has 0 radical (unpaired) electrons. The predicted octanol–water partition coefficient (Wildman–Crippen LogP) is -20.9. The van der Waals surface area contributed by atoms with Gasteiger partial charge in [-0.25, -0.2) is 0 Å². The van der Waals surface area contributed by atoms with Crippen LogP contribution in [-0.2, 0) is 119 Å². The normalized spacial score (nSPS) is 47.5. The van der Waals surface area contributed by atoms with Gasteiger partial charge >= 0.3 is 0 Å². The van der Waals surface area contributed by atoms with E-state index in [0.717, 1.165) is 41.5 Å². The summed E-state index contributed by atoms with van der Waals surface area (Å²) >= 11 is 0. The molecule has 10 fully saturated rings. The highest BCUT2D eigenvalue weighted by Gasteiger charge is 2.62. The zero-order chi connectivity index (χ0) is 95.1. The molecule has 129 heavy (non-hydrogen) atoms. The van der Waals surface area contributed by atoms with Crippen LogP contribution in [0.15, 0.2) is 0 Å². The Morgan fingerprint density at radius 1 is 0.209 bits per heavy atom. The van der Waals surface area contributed by atoms with Crippen LogP contribution >= 0.6 is 0 Å². The third-order valence-corrected chi connectivity index (χ3v) is 23.5. The molecule has 0 saturated carbocycles. The van der Waals surface area contributed by atoms with E-state index < -0.39 is 408 Å². The number of hydrogen-bond donors (Lipinski definition) is 31. The summed E-state index contributed by atoms with van der Waals surface area (Å²) in [5.41, 5.74) is 0. The Morgan fingerprint density at radius 2 is 0.403 bits per heavy atom. The van der Waals surface area contributed by atoms with Gasteiger partial charge in [0.2, 0.25) is 35.4 Å². The van der Waals surface area contributed by atoms with Crippen LogP contribution in [0, 0.1) is 0 Å². The maximum absolute atomic E-state index is 13.0. The van der Waals surface area contributed by atoms with Gasteiger partial charge in [0.05, 0.1) is 78.2 Å². The number of aliphatic hydroxyl groups excluding tert-OH is 25. The Bertz CT molecular complexity index is 3570. The summed E-state index contributed by atoms with van der Waals surface area (Å²) in [5, 5.41) is 295. The van der Waals surface area contributed by atoms with Crippen molar-refractivity contribution in [3.63, 3.8) is 0 Å². The first kappa shape index (κ1) is 106. The molecule has 0 aromatic carbocycles. The summed E-state index contributed by atoms with van der Waals surface area (Å²) in [6, 6.07) is -10.3. The number of hydrogen-bond acceptors (Lipinski definition) is 50. The number of carbonyl (C=O) groups excluding carboxylic acids is 6. The second kappa shape index (κ2) is 46.7. The second-order valence-electron chi connectivity index (χ2n) is 32.8. The van der Waals surface area contributed by atoms with Crippen molar-refractivity contribution in [1.82, 2.24) is 31.9 Å². The van der Waals surface area contributed by atoms with Crippen LogP contribution in [-0.4, -0.2) is 536 Å². The monoisotopic (exact) mass is 1880 g/mol. The lowest BCUT2D eigenvalue weighted by Crippen LogP contribution is -2.71. The van der Waals surface area contributed by atoms with E-state index in [9.17, 15) is 156 Å². The number of amides is 6. The second-order valence-corrected chi connectivity index (χ2v) is 32.8. The van der Waals surface area contributed by atoms with E-state index in [1.807, 2.05) is 0 Å². The molecule has 744 valence electrons. The fraction of sp³-hybridized carbons (Fsp3) is 0.918. The Morgan fingerprint density at radius 3 is 0.659 bits per heavy atom. The van der Waals surface area contributed by atoms with E-state index in [1.165, 1.54) is 6.92 Å². The van der Waals surface area contributed by atoms with Crippen LogP contribution in [0.3, 0.4) is 0 Å². The van der Waals surface area contributed by atoms with E-state index >= 15 is 0 Å². The average molecular weight is 1880 g/mol. The molecule has 0 aliphatic carbocycles. The van der Waals surface area contributed by atoms with Crippen LogP contribution in [0.5, 0.6) is 0 Å². The molecular weight excluding hydrogens is 1760 g/mol. The average Bonchev–Trinajstić information content (AvgIpc) is 0.761. The molecule has 10 heterocycles. The molecule has 10 aliphatic rings. The van der Waals surface area contributed by atoms with E-state index in [2.05, 4.69) is 31.9 Å². The molecule has 10 aliphatic heterocycles. The van der Waals surface area contributed by atoms with Crippen LogP contribution in [0.1, 0.15) is 48.5 Å². The molecule has 50 atom stereocenters.